The second kappa shape index (κ2) is 6.98. The molecule has 130 valence electrons. The molecule has 0 fully saturated rings. The van der Waals surface area contributed by atoms with Gasteiger partial charge in [0.1, 0.15) is 0 Å². The molecule has 0 saturated heterocycles. The van der Waals surface area contributed by atoms with Crippen LogP contribution in [-0.4, -0.2) is 35.1 Å². The average molecular weight is 328 g/mol. The molecule has 2 aromatic rings. The maximum atomic E-state index is 10.9. The largest absolute Gasteiger partial charge is 0.494 e. The summed E-state index contributed by atoms with van der Waals surface area (Å²) in [6.07, 6.45) is 1.79. The lowest BCUT2D eigenvalue weighted by atomic mass is 9.99. The number of hydrogen-bond acceptors (Lipinski definition) is 3. The fourth-order valence-corrected chi connectivity index (χ4v) is 3.55. The van der Waals surface area contributed by atoms with Crippen LogP contribution in [0.1, 0.15) is 51.3 Å². The molecule has 0 amide bonds. The van der Waals surface area contributed by atoms with E-state index >= 15 is 0 Å². The smallest absolute Gasteiger partial charge is 0.201 e. The van der Waals surface area contributed by atoms with Gasteiger partial charge in [0.15, 0.2) is 0 Å². The fraction of sp³-hybridized carbons (Fsp3) is 0.550. The summed E-state index contributed by atoms with van der Waals surface area (Å²) >= 11 is 0. The molecule has 0 saturated carbocycles. The summed E-state index contributed by atoms with van der Waals surface area (Å²) in [5, 5.41) is 12.1. The molecule has 0 aliphatic carbocycles. The number of ether oxygens (including phenoxy) is 1. The van der Waals surface area contributed by atoms with E-state index in [9.17, 15) is 5.11 Å². The monoisotopic (exact) mass is 328 g/mol. The molecule has 3 rings (SSSR count). The number of aliphatic imine (C=N–C) groups is 1. The van der Waals surface area contributed by atoms with Gasteiger partial charge in [0.2, 0.25) is 5.88 Å². The van der Waals surface area contributed by atoms with Crippen LogP contribution < -0.4 is 0 Å². The number of fused-ring (bicyclic) bond motifs is 1. The van der Waals surface area contributed by atoms with E-state index in [4.69, 9.17) is 4.74 Å². The normalized spacial score (nSPS) is 16.0. The fourth-order valence-electron chi connectivity index (χ4n) is 3.55. The standard InChI is InChI=1S/C20H28N2O2/c1-13(2)11-15-5-6-18-16(12-15)19(20(23)22(18)14(3)4)17-7-9-24-10-8-21-17/h5-6,12-14,23H,7-11H2,1-4H3. The van der Waals surface area contributed by atoms with E-state index in [2.05, 4.69) is 50.9 Å². The first kappa shape index (κ1) is 17.0. The zero-order chi connectivity index (χ0) is 17.3. The van der Waals surface area contributed by atoms with Crippen molar-refractivity contribution >= 4 is 16.6 Å². The Labute approximate surface area is 144 Å². The van der Waals surface area contributed by atoms with Crippen molar-refractivity contribution in [2.45, 2.75) is 46.6 Å². The molecule has 0 radical (unpaired) electrons. The molecule has 4 nitrogen and oxygen atoms in total. The summed E-state index contributed by atoms with van der Waals surface area (Å²) in [5.41, 5.74) is 4.26. The van der Waals surface area contributed by atoms with E-state index in [1.165, 1.54) is 5.56 Å². The highest BCUT2D eigenvalue weighted by atomic mass is 16.5. The summed E-state index contributed by atoms with van der Waals surface area (Å²) in [6.45, 7) is 10.6. The van der Waals surface area contributed by atoms with Gasteiger partial charge in [-0.1, -0.05) is 19.9 Å². The molecule has 1 aromatic carbocycles. The molecule has 1 aliphatic rings. The second-order valence-corrected chi connectivity index (χ2v) is 7.30. The van der Waals surface area contributed by atoms with Gasteiger partial charge in [-0.15, -0.1) is 0 Å². The molecular weight excluding hydrogens is 300 g/mol. The Morgan fingerprint density at radius 1 is 1.21 bits per heavy atom. The van der Waals surface area contributed by atoms with Gasteiger partial charge in [0.05, 0.1) is 36.6 Å². The van der Waals surface area contributed by atoms with Crippen molar-refractivity contribution in [1.29, 1.82) is 0 Å². The number of benzene rings is 1. The maximum Gasteiger partial charge on any atom is 0.201 e. The van der Waals surface area contributed by atoms with Crippen LogP contribution >= 0.6 is 0 Å². The Kier molecular flexibility index (Phi) is 4.95. The summed E-state index contributed by atoms with van der Waals surface area (Å²) in [5.74, 6) is 0.942. The highest BCUT2D eigenvalue weighted by Gasteiger charge is 2.23. The van der Waals surface area contributed by atoms with Crippen molar-refractivity contribution in [3.05, 3.63) is 29.3 Å². The van der Waals surface area contributed by atoms with E-state index in [1.807, 2.05) is 4.57 Å². The first-order chi connectivity index (χ1) is 11.5. The lowest BCUT2D eigenvalue weighted by Gasteiger charge is -2.11. The van der Waals surface area contributed by atoms with Crippen molar-refractivity contribution in [3.63, 3.8) is 0 Å². The van der Waals surface area contributed by atoms with E-state index < -0.39 is 0 Å². The summed E-state index contributed by atoms with van der Waals surface area (Å²) in [7, 11) is 0. The van der Waals surface area contributed by atoms with Crippen LogP contribution in [-0.2, 0) is 11.2 Å². The lowest BCUT2D eigenvalue weighted by molar-refractivity contribution is 0.153. The molecule has 1 N–H and O–H groups in total. The number of aromatic hydroxyl groups is 1. The molecule has 0 unspecified atom stereocenters. The van der Waals surface area contributed by atoms with Crippen LogP contribution in [0.3, 0.4) is 0 Å². The molecule has 4 heteroatoms. The highest BCUT2D eigenvalue weighted by Crippen LogP contribution is 2.36. The summed E-state index contributed by atoms with van der Waals surface area (Å²) < 4.78 is 7.54. The lowest BCUT2D eigenvalue weighted by Crippen LogP contribution is -2.04. The molecule has 2 heterocycles. The van der Waals surface area contributed by atoms with E-state index in [0.29, 0.717) is 31.6 Å². The number of aromatic nitrogens is 1. The van der Waals surface area contributed by atoms with Crippen molar-refractivity contribution in [1.82, 2.24) is 4.57 Å². The van der Waals surface area contributed by atoms with Gasteiger partial charge in [0, 0.05) is 17.8 Å². The van der Waals surface area contributed by atoms with Crippen LogP contribution in [0, 0.1) is 5.92 Å². The maximum absolute atomic E-state index is 10.9. The molecular formula is C20H28N2O2. The predicted octanol–water partition coefficient (Wildman–Crippen LogP) is 4.34. The first-order valence-corrected chi connectivity index (χ1v) is 8.96. The highest BCUT2D eigenvalue weighted by molar-refractivity contribution is 6.13. The zero-order valence-electron chi connectivity index (χ0n) is 15.2. The second-order valence-electron chi connectivity index (χ2n) is 7.30. The zero-order valence-corrected chi connectivity index (χ0v) is 15.2. The number of hydrogen-bond donors (Lipinski definition) is 1. The van der Waals surface area contributed by atoms with E-state index in [1.54, 1.807) is 0 Å². The van der Waals surface area contributed by atoms with Crippen LogP contribution in [0.2, 0.25) is 0 Å². The molecule has 24 heavy (non-hydrogen) atoms. The Balaban J connectivity index is 2.21. The van der Waals surface area contributed by atoms with Gasteiger partial charge in [-0.25, -0.2) is 0 Å². The molecule has 1 aromatic heterocycles. The van der Waals surface area contributed by atoms with Crippen molar-refractivity contribution in [2.75, 3.05) is 19.8 Å². The van der Waals surface area contributed by atoms with Gasteiger partial charge < -0.3 is 14.4 Å². The summed E-state index contributed by atoms with van der Waals surface area (Å²) in [4.78, 5) is 4.69. The van der Waals surface area contributed by atoms with Gasteiger partial charge in [-0.05, 0) is 43.9 Å². The Bertz CT molecular complexity index is 757. The van der Waals surface area contributed by atoms with Crippen molar-refractivity contribution in [2.24, 2.45) is 10.9 Å². The third kappa shape index (κ3) is 3.20. The van der Waals surface area contributed by atoms with E-state index in [0.717, 1.165) is 35.0 Å². The van der Waals surface area contributed by atoms with Crippen LogP contribution in [0.5, 0.6) is 5.88 Å². The Morgan fingerprint density at radius 2 is 2.00 bits per heavy atom. The Hall–Kier alpha value is -1.81. The van der Waals surface area contributed by atoms with E-state index in [-0.39, 0.29) is 6.04 Å². The van der Waals surface area contributed by atoms with Crippen LogP contribution in [0.15, 0.2) is 23.2 Å². The molecule has 1 aliphatic heterocycles. The minimum atomic E-state index is 0.194. The average Bonchev–Trinajstić information content (AvgIpc) is 2.66. The minimum Gasteiger partial charge on any atom is -0.494 e. The van der Waals surface area contributed by atoms with Crippen LogP contribution in [0.4, 0.5) is 0 Å². The number of rotatable bonds is 4. The molecule has 0 atom stereocenters. The number of nitrogens with zero attached hydrogens (tertiary/aromatic N) is 2. The third-order valence-corrected chi connectivity index (χ3v) is 4.51. The summed E-state index contributed by atoms with van der Waals surface area (Å²) in [6, 6.07) is 6.75. The minimum absolute atomic E-state index is 0.194. The first-order valence-electron chi connectivity index (χ1n) is 8.96. The Morgan fingerprint density at radius 3 is 2.71 bits per heavy atom. The molecule has 0 bridgehead atoms. The SMILES string of the molecule is CC(C)Cc1ccc2c(c1)c(C1=NCCOCC1)c(O)n2C(C)C. The van der Waals surface area contributed by atoms with Gasteiger partial charge >= 0.3 is 0 Å². The van der Waals surface area contributed by atoms with Gasteiger partial charge in [0.25, 0.3) is 0 Å². The van der Waals surface area contributed by atoms with Crippen molar-refractivity contribution < 1.29 is 9.84 Å². The van der Waals surface area contributed by atoms with Crippen LogP contribution in [0.25, 0.3) is 10.9 Å². The third-order valence-electron chi connectivity index (χ3n) is 4.51. The quantitative estimate of drug-likeness (QED) is 0.907. The predicted molar refractivity (Wildman–Crippen MR) is 99.4 cm³/mol. The topological polar surface area (TPSA) is 46.8 Å². The van der Waals surface area contributed by atoms with Crippen molar-refractivity contribution in [3.8, 4) is 5.88 Å². The van der Waals surface area contributed by atoms with Gasteiger partial charge in [-0.2, -0.15) is 0 Å². The molecule has 0 spiro atoms. The van der Waals surface area contributed by atoms with Gasteiger partial charge in [-0.3, -0.25) is 4.99 Å².